The molecule has 2 heterocycles. The monoisotopic (exact) mass is 654 g/mol. The van der Waals surface area contributed by atoms with E-state index in [0.717, 1.165) is 11.6 Å². The van der Waals surface area contributed by atoms with Gasteiger partial charge >= 0.3 is 0 Å². The van der Waals surface area contributed by atoms with Gasteiger partial charge < -0.3 is 20.7 Å². The number of carbonyl (C=O) groups excluding carboxylic acids is 1. The molecule has 4 rings (SSSR count). The molecule has 1 amide bonds. The van der Waals surface area contributed by atoms with Gasteiger partial charge in [-0.2, -0.15) is 5.10 Å². The number of amides is 1. The molecule has 0 saturated heterocycles. The molecule has 4 N–H and O–H groups in total. The summed E-state index contributed by atoms with van der Waals surface area (Å²) in [5, 5.41) is 7.86. The fourth-order valence-corrected chi connectivity index (χ4v) is 5.81. The maximum Gasteiger partial charge on any atom is 0.254 e. The minimum atomic E-state index is -3.62. The molecule has 0 spiro atoms. The zero-order valence-electron chi connectivity index (χ0n) is 26.0. The van der Waals surface area contributed by atoms with E-state index in [1.807, 2.05) is 4.90 Å². The predicted octanol–water partition coefficient (Wildman–Crippen LogP) is 5.03. The second-order valence-electron chi connectivity index (χ2n) is 11.7. The van der Waals surface area contributed by atoms with Crippen LogP contribution in [0.3, 0.4) is 0 Å². The lowest BCUT2D eigenvalue weighted by atomic mass is 10.0. The van der Waals surface area contributed by atoms with Gasteiger partial charge in [0.15, 0.2) is 0 Å². The number of aromatic nitrogens is 4. The van der Waals surface area contributed by atoms with Gasteiger partial charge in [-0.25, -0.2) is 22.5 Å². The molecule has 4 aromatic rings. The van der Waals surface area contributed by atoms with Crippen molar-refractivity contribution in [2.24, 2.45) is 5.73 Å². The summed E-state index contributed by atoms with van der Waals surface area (Å²) in [6, 6.07) is 12.0. The fourth-order valence-electron chi connectivity index (χ4n) is 4.40. The summed E-state index contributed by atoms with van der Waals surface area (Å²) < 4.78 is 48.8. The molecule has 0 atom stereocenters. The summed E-state index contributed by atoms with van der Waals surface area (Å²) in [5.41, 5.74) is 8.46. The van der Waals surface area contributed by atoms with Crippen LogP contribution in [-0.4, -0.2) is 61.6 Å². The van der Waals surface area contributed by atoms with Gasteiger partial charge in [0.2, 0.25) is 10.0 Å². The third-order valence-corrected chi connectivity index (χ3v) is 9.87. The Labute approximate surface area is 263 Å². The maximum absolute atomic E-state index is 13.5. The third kappa shape index (κ3) is 9.09. The topological polar surface area (TPSA) is 157 Å². The van der Waals surface area contributed by atoms with Gasteiger partial charge in [0, 0.05) is 46.2 Å². The number of carbonyl (C=O) groups is 1. The number of ether oxygens (including phenoxy) is 1. The van der Waals surface area contributed by atoms with Crippen molar-refractivity contribution in [2.45, 2.75) is 45.9 Å². The van der Waals surface area contributed by atoms with Crippen LogP contribution in [0.15, 0.2) is 61.1 Å². The number of rotatable bonds is 15. The Kier molecular flexibility index (Phi) is 10.6. The van der Waals surface area contributed by atoms with Crippen molar-refractivity contribution in [1.82, 2.24) is 19.7 Å². The summed E-state index contributed by atoms with van der Waals surface area (Å²) in [6.45, 7) is 9.20. The number of sulfonamides is 1. The van der Waals surface area contributed by atoms with E-state index in [-0.39, 0.29) is 35.4 Å². The van der Waals surface area contributed by atoms with Gasteiger partial charge in [0.05, 0.1) is 23.3 Å². The van der Waals surface area contributed by atoms with Crippen molar-refractivity contribution in [2.75, 3.05) is 34.3 Å². The lowest BCUT2D eigenvalue weighted by Crippen LogP contribution is -2.22. The first-order valence-electron chi connectivity index (χ1n) is 14.4. The van der Waals surface area contributed by atoms with Crippen LogP contribution in [0.2, 0.25) is 25.7 Å². The maximum atomic E-state index is 13.5. The van der Waals surface area contributed by atoms with Crippen LogP contribution in [0.4, 0.5) is 27.4 Å². The molecular formula is C30H39FN8O4SSi. The molecule has 45 heavy (non-hydrogen) atoms. The molecule has 0 unspecified atom stereocenters. The second kappa shape index (κ2) is 14.2. The highest BCUT2D eigenvalue weighted by molar-refractivity contribution is 7.92. The highest BCUT2D eigenvalue weighted by Crippen LogP contribution is 2.36. The number of nitrogens with one attached hydrogen (secondary N) is 2. The first kappa shape index (κ1) is 33.5. The van der Waals surface area contributed by atoms with E-state index >= 15 is 0 Å². The quantitative estimate of drug-likeness (QED) is 0.118. The van der Waals surface area contributed by atoms with Gasteiger partial charge in [0.25, 0.3) is 5.91 Å². The molecular weight excluding hydrogens is 616 g/mol. The predicted molar refractivity (Wildman–Crippen MR) is 177 cm³/mol. The zero-order valence-corrected chi connectivity index (χ0v) is 27.9. The smallest absolute Gasteiger partial charge is 0.254 e. The molecule has 12 nitrogen and oxygen atoms in total. The van der Waals surface area contributed by atoms with Crippen molar-refractivity contribution in [3.05, 3.63) is 78.0 Å². The molecule has 0 aliphatic carbocycles. The Balaban J connectivity index is 1.81. The number of hydrogen-bond acceptors (Lipinski definition) is 9. The normalized spacial score (nSPS) is 11.8. The van der Waals surface area contributed by atoms with E-state index in [0.29, 0.717) is 35.9 Å². The number of halogens is 1. The van der Waals surface area contributed by atoms with Crippen molar-refractivity contribution in [1.29, 1.82) is 0 Å². The Morgan fingerprint density at radius 3 is 2.49 bits per heavy atom. The van der Waals surface area contributed by atoms with E-state index in [2.05, 4.69) is 39.6 Å². The minimum Gasteiger partial charge on any atom is -0.369 e. The Morgan fingerprint density at radius 1 is 1.13 bits per heavy atom. The number of nitrogens with two attached hydrogens (primary N) is 1. The van der Waals surface area contributed by atoms with Gasteiger partial charge in [-0.1, -0.05) is 37.8 Å². The Bertz CT molecular complexity index is 1730. The van der Waals surface area contributed by atoms with Crippen LogP contribution in [0, 0.1) is 5.82 Å². The van der Waals surface area contributed by atoms with Crippen LogP contribution < -0.4 is 20.7 Å². The fraction of sp³-hybridized carbons (Fsp3) is 0.333. The van der Waals surface area contributed by atoms with E-state index in [1.165, 1.54) is 35.4 Å². The van der Waals surface area contributed by atoms with Crippen LogP contribution in [0.25, 0.3) is 11.3 Å². The lowest BCUT2D eigenvalue weighted by molar-refractivity contribution is 0.0802. The summed E-state index contributed by atoms with van der Waals surface area (Å²) >= 11 is 0. The highest BCUT2D eigenvalue weighted by Gasteiger charge is 2.26. The van der Waals surface area contributed by atoms with Crippen molar-refractivity contribution < 1.29 is 22.3 Å². The van der Waals surface area contributed by atoms with Crippen LogP contribution in [-0.2, 0) is 28.0 Å². The van der Waals surface area contributed by atoms with Crippen molar-refractivity contribution in [3.63, 3.8) is 0 Å². The molecule has 0 aliphatic heterocycles. The summed E-state index contributed by atoms with van der Waals surface area (Å²) in [7, 11) is -3.19. The number of anilines is 4. The first-order chi connectivity index (χ1) is 21.3. The van der Waals surface area contributed by atoms with Gasteiger partial charge in [-0.15, -0.1) is 0 Å². The molecule has 0 aliphatic rings. The van der Waals surface area contributed by atoms with Gasteiger partial charge in [0.1, 0.15) is 35.4 Å². The second-order valence-corrected chi connectivity index (χ2v) is 19.4. The number of nitrogens with zero attached hydrogens (tertiary/aromatic N) is 5. The molecule has 15 heteroatoms. The molecule has 240 valence electrons. The average Bonchev–Trinajstić information content (AvgIpc) is 3.34. The van der Waals surface area contributed by atoms with E-state index in [1.54, 1.807) is 44.3 Å². The van der Waals surface area contributed by atoms with Crippen LogP contribution in [0.5, 0.6) is 0 Å². The van der Waals surface area contributed by atoms with Gasteiger partial charge in [-0.05, 0) is 42.8 Å². The van der Waals surface area contributed by atoms with Gasteiger partial charge in [-0.3, -0.25) is 14.5 Å². The number of primary amides is 1. The van der Waals surface area contributed by atoms with Crippen molar-refractivity contribution in [3.8, 4) is 11.3 Å². The number of hydrogen-bond donors (Lipinski definition) is 3. The molecule has 0 saturated carbocycles. The summed E-state index contributed by atoms with van der Waals surface area (Å²) in [4.78, 5) is 23.2. The highest BCUT2D eigenvalue weighted by atomic mass is 32.2. The van der Waals surface area contributed by atoms with E-state index in [9.17, 15) is 17.6 Å². The van der Waals surface area contributed by atoms with Crippen LogP contribution >= 0.6 is 0 Å². The summed E-state index contributed by atoms with van der Waals surface area (Å²) in [6.07, 6.45) is 4.54. The first-order valence-corrected chi connectivity index (χ1v) is 19.7. The zero-order chi connectivity index (χ0) is 32.8. The molecule has 0 bridgehead atoms. The lowest BCUT2D eigenvalue weighted by Gasteiger charge is -2.24. The van der Waals surface area contributed by atoms with Crippen molar-refractivity contribution >= 4 is 47.0 Å². The van der Waals surface area contributed by atoms with E-state index < -0.39 is 24.0 Å². The Morgan fingerprint density at radius 2 is 1.87 bits per heavy atom. The summed E-state index contributed by atoms with van der Waals surface area (Å²) in [5.74, 6) is -0.561. The molecule has 0 fully saturated rings. The standard InChI is InChI=1S/C30H39FN8O4SSi/c1-6-44(41,42)37-24-12-9-22(17-25(24)38(2)19-21-7-10-23(31)11-8-21)28-27(29(32)40)30(35-26-18-33-13-14-34-26)39(36-28)20-43-15-16-45(3,4)5/h7-14,17-18,37H,6,15-16,19-20H2,1-5H3,(H2,32,40)(H,34,35). The van der Waals surface area contributed by atoms with E-state index in [4.69, 9.17) is 15.6 Å². The third-order valence-electron chi connectivity index (χ3n) is 6.88. The average molecular weight is 655 g/mol. The minimum absolute atomic E-state index is 0.0407. The Hall–Kier alpha value is -4.34. The largest absolute Gasteiger partial charge is 0.369 e. The SMILES string of the molecule is CCS(=O)(=O)Nc1ccc(-c2nn(COCC[Si](C)(C)C)c(Nc3cnccn3)c2C(N)=O)cc1N(C)Cc1ccc(F)cc1. The van der Waals surface area contributed by atoms with Crippen LogP contribution in [0.1, 0.15) is 22.8 Å². The molecule has 2 aromatic carbocycles. The number of benzene rings is 2. The molecule has 2 aromatic heterocycles. The molecule has 0 radical (unpaired) electrons.